The van der Waals surface area contributed by atoms with Crippen LogP contribution in [0.4, 0.5) is 8.78 Å². The Kier molecular flexibility index (Phi) is 2.60. The molecule has 4 rings (SSSR count). The summed E-state index contributed by atoms with van der Waals surface area (Å²) in [5, 5.41) is 14.4. The monoisotopic (exact) mass is 303 g/mol. The molecule has 22 heavy (non-hydrogen) atoms. The van der Waals surface area contributed by atoms with Crippen LogP contribution in [0.2, 0.25) is 0 Å². The van der Waals surface area contributed by atoms with E-state index in [1.807, 2.05) is 0 Å². The summed E-state index contributed by atoms with van der Waals surface area (Å²) < 4.78 is 29.9. The molecule has 0 amide bonds. The van der Waals surface area contributed by atoms with Crippen LogP contribution in [0.15, 0.2) is 35.3 Å². The summed E-state index contributed by atoms with van der Waals surface area (Å²) in [4.78, 5) is 12.2. The Bertz CT molecular complexity index is 957. The maximum absolute atomic E-state index is 14.0. The molecule has 1 N–H and O–H groups in total. The highest BCUT2D eigenvalue weighted by Gasteiger charge is 2.29. The summed E-state index contributed by atoms with van der Waals surface area (Å²) in [6.07, 6.45) is 3.06. The molecule has 7 heteroatoms. The van der Waals surface area contributed by atoms with Crippen molar-refractivity contribution in [2.24, 2.45) is 0 Å². The quantitative estimate of drug-likeness (QED) is 0.791. The Balaban J connectivity index is 2.09. The van der Waals surface area contributed by atoms with Gasteiger partial charge in [0.1, 0.15) is 17.3 Å². The molecule has 112 valence electrons. The van der Waals surface area contributed by atoms with Crippen LogP contribution in [-0.2, 0) is 0 Å². The SMILES string of the molecule is O=c1cc(O)c2cnn(-c3ccc(F)cc3F)c2n1C1CC1. The van der Waals surface area contributed by atoms with Crippen molar-refractivity contribution in [1.82, 2.24) is 14.3 Å². The molecule has 0 radical (unpaired) electrons. The Labute approximate surface area is 123 Å². The van der Waals surface area contributed by atoms with Crippen LogP contribution in [-0.4, -0.2) is 19.5 Å². The minimum atomic E-state index is -0.789. The van der Waals surface area contributed by atoms with E-state index in [0.29, 0.717) is 11.0 Å². The molecule has 0 spiro atoms. The van der Waals surface area contributed by atoms with Gasteiger partial charge in [-0.15, -0.1) is 0 Å². The number of rotatable bonds is 2. The van der Waals surface area contributed by atoms with E-state index in [-0.39, 0.29) is 23.0 Å². The molecular formula is C15H11F2N3O2. The maximum atomic E-state index is 14.0. The van der Waals surface area contributed by atoms with E-state index in [4.69, 9.17) is 0 Å². The van der Waals surface area contributed by atoms with Crippen molar-refractivity contribution in [2.45, 2.75) is 18.9 Å². The van der Waals surface area contributed by atoms with Crippen LogP contribution in [0.25, 0.3) is 16.7 Å². The number of nitrogens with zero attached hydrogens (tertiary/aromatic N) is 3. The molecule has 5 nitrogen and oxygen atoms in total. The van der Waals surface area contributed by atoms with Crippen LogP contribution in [0.5, 0.6) is 5.75 Å². The van der Waals surface area contributed by atoms with Crippen molar-refractivity contribution in [2.75, 3.05) is 0 Å². The van der Waals surface area contributed by atoms with Gasteiger partial charge in [-0.25, -0.2) is 13.5 Å². The molecule has 0 saturated heterocycles. The van der Waals surface area contributed by atoms with E-state index >= 15 is 0 Å². The maximum Gasteiger partial charge on any atom is 0.256 e. The molecule has 1 saturated carbocycles. The van der Waals surface area contributed by atoms with E-state index in [0.717, 1.165) is 31.0 Å². The number of hydrogen-bond donors (Lipinski definition) is 1. The highest BCUT2D eigenvalue weighted by atomic mass is 19.1. The largest absolute Gasteiger partial charge is 0.507 e. The second-order valence-electron chi connectivity index (χ2n) is 5.36. The molecule has 3 aromatic rings. The third-order valence-electron chi connectivity index (χ3n) is 3.80. The first kappa shape index (κ1) is 13.0. The van der Waals surface area contributed by atoms with Gasteiger partial charge < -0.3 is 5.11 Å². The third kappa shape index (κ3) is 1.82. The molecule has 2 heterocycles. The predicted octanol–water partition coefficient (Wildman–Crippen LogP) is 2.51. The summed E-state index contributed by atoms with van der Waals surface area (Å²) in [5.74, 6) is -1.69. The summed E-state index contributed by atoms with van der Waals surface area (Å²) in [6, 6.07) is 4.28. The molecule has 0 atom stereocenters. The van der Waals surface area contributed by atoms with Crippen LogP contribution < -0.4 is 5.56 Å². The van der Waals surface area contributed by atoms with E-state index in [2.05, 4.69) is 5.10 Å². The van der Waals surface area contributed by atoms with Crippen LogP contribution in [0, 0.1) is 11.6 Å². The van der Waals surface area contributed by atoms with Crippen LogP contribution >= 0.6 is 0 Å². The van der Waals surface area contributed by atoms with Gasteiger partial charge in [-0.1, -0.05) is 0 Å². The molecule has 1 aromatic carbocycles. The van der Waals surface area contributed by atoms with Gasteiger partial charge in [-0.3, -0.25) is 9.36 Å². The Morgan fingerprint density at radius 1 is 1.23 bits per heavy atom. The zero-order valence-electron chi connectivity index (χ0n) is 11.3. The lowest BCUT2D eigenvalue weighted by atomic mass is 10.2. The van der Waals surface area contributed by atoms with Crippen molar-refractivity contribution in [3.8, 4) is 11.4 Å². The molecule has 0 aliphatic heterocycles. The zero-order chi connectivity index (χ0) is 15.4. The third-order valence-corrected chi connectivity index (χ3v) is 3.80. The fourth-order valence-corrected chi connectivity index (χ4v) is 2.64. The second-order valence-corrected chi connectivity index (χ2v) is 5.36. The first-order chi connectivity index (χ1) is 10.6. The van der Waals surface area contributed by atoms with Crippen molar-refractivity contribution >= 4 is 11.0 Å². The first-order valence-electron chi connectivity index (χ1n) is 6.84. The number of pyridine rings is 1. The molecule has 0 bridgehead atoms. The van der Waals surface area contributed by atoms with Gasteiger partial charge in [-0.2, -0.15) is 5.10 Å². The van der Waals surface area contributed by atoms with Gasteiger partial charge in [0.2, 0.25) is 0 Å². The predicted molar refractivity (Wildman–Crippen MR) is 75.2 cm³/mol. The van der Waals surface area contributed by atoms with Gasteiger partial charge in [0.15, 0.2) is 11.5 Å². The summed E-state index contributed by atoms with van der Waals surface area (Å²) in [5.41, 5.74) is -0.0226. The molecule has 1 aliphatic rings. The first-order valence-corrected chi connectivity index (χ1v) is 6.84. The lowest BCUT2D eigenvalue weighted by Gasteiger charge is -2.11. The van der Waals surface area contributed by atoms with Crippen LogP contribution in [0.1, 0.15) is 18.9 Å². The number of aromatic hydroxyl groups is 1. The molecule has 1 aliphatic carbocycles. The Hall–Kier alpha value is -2.70. The van der Waals surface area contributed by atoms with Crippen molar-refractivity contribution < 1.29 is 13.9 Å². The van der Waals surface area contributed by atoms with E-state index in [9.17, 15) is 18.7 Å². The minimum Gasteiger partial charge on any atom is -0.507 e. The number of aromatic nitrogens is 3. The molecule has 0 unspecified atom stereocenters. The molecular weight excluding hydrogens is 292 g/mol. The topological polar surface area (TPSA) is 60.0 Å². The average Bonchev–Trinajstić information content (AvgIpc) is 3.18. The van der Waals surface area contributed by atoms with E-state index < -0.39 is 11.6 Å². The van der Waals surface area contributed by atoms with Gasteiger partial charge in [0.05, 0.1) is 11.6 Å². The number of hydrogen-bond acceptors (Lipinski definition) is 3. The van der Waals surface area contributed by atoms with Gasteiger partial charge in [0.25, 0.3) is 5.56 Å². The number of halogens is 2. The summed E-state index contributed by atoms with van der Waals surface area (Å²) in [7, 11) is 0. The highest BCUT2D eigenvalue weighted by Crippen LogP contribution is 2.37. The van der Waals surface area contributed by atoms with Gasteiger partial charge in [-0.05, 0) is 25.0 Å². The van der Waals surface area contributed by atoms with Gasteiger partial charge >= 0.3 is 0 Å². The fourth-order valence-electron chi connectivity index (χ4n) is 2.64. The highest BCUT2D eigenvalue weighted by molar-refractivity contribution is 5.83. The van der Waals surface area contributed by atoms with E-state index in [1.165, 1.54) is 21.5 Å². The average molecular weight is 303 g/mol. The van der Waals surface area contributed by atoms with Crippen molar-refractivity contribution in [3.63, 3.8) is 0 Å². The smallest absolute Gasteiger partial charge is 0.256 e. The fraction of sp³-hybridized carbons (Fsp3) is 0.200. The van der Waals surface area contributed by atoms with Crippen LogP contribution in [0.3, 0.4) is 0 Å². The normalized spacial score (nSPS) is 14.6. The molecule has 1 fully saturated rings. The Morgan fingerprint density at radius 2 is 2.00 bits per heavy atom. The van der Waals surface area contributed by atoms with Crippen molar-refractivity contribution in [3.05, 3.63) is 52.5 Å². The second kappa shape index (κ2) is 4.40. The minimum absolute atomic E-state index is 0.0227. The lowest BCUT2D eigenvalue weighted by molar-refractivity contribution is 0.478. The van der Waals surface area contributed by atoms with Crippen molar-refractivity contribution in [1.29, 1.82) is 0 Å². The van der Waals surface area contributed by atoms with Gasteiger partial charge in [0, 0.05) is 18.2 Å². The lowest BCUT2D eigenvalue weighted by Crippen LogP contribution is -2.20. The Morgan fingerprint density at radius 3 is 2.68 bits per heavy atom. The summed E-state index contributed by atoms with van der Waals surface area (Å²) >= 11 is 0. The number of benzene rings is 1. The molecule has 2 aromatic heterocycles. The zero-order valence-corrected chi connectivity index (χ0v) is 11.3. The number of fused-ring (bicyclic) bond motifs is 1. The van der Waals surface area contributed by atoms with E-state index in [1.54, 1.807) is 0 Å². The summed E-state index contributed by atoms with van der Waals surface area (Å²) in [6.45, 7) is 0. The standard InChI is InChI=1S/C15H11F2N3O2/c16-8-1-4-12(11(17)5-8)20-15-10(7-18-20)13(21)6-14(22)19(15)9-2-3-9/h1,4-7,9,21H,2-3H2.